The number of phenolic OH excluding ortho intramolecular Hbond substituents is 1. The lowest BCUT2D eigenvalue weighted by Crippen LogP contribution is -2.31. The molecule has 2 aromatic rings. The van der Waals surface area contributed by atoms with Gasteiger partial charge < -0.3 is 15.2 Å². The average Bonchev–Trinajstić information content (AvgIpc) is 2.73. The third kappa shape index (κ3) is 5.02. The van der Waals surface area contributed by atoms with Gasteiger partial charge >= 0.3 is 0 Å². The largest absolute Gasteiger partial charge is 0.507 e. The number of ether oxygens (including phenoxy) is 1. The Morgan fingerprint density at radius 2 is 1.60 bits per heavy atom. The molecule has 0 aromatic heterocycles. The van der Waals surface area contributed by atoms with Gasteiger partial charge in [0.2, 0.25) is 5.66 Å². The first-order valence-corrected chi connectivity index (χ1v) is 10.9. The van der Waals surface area contributed by atoms with Crippen molar-refractivity contribution in [2.75, 3.05) is 6.61 Å². The molecule has 2 aromatic carbocycles. The van der Waals surface area contributed by atoms with Crippen LogP contribution in [0.3, 0.4) is 0 Å². The number of aryl methyl sites for hydroxylation is 2. The van der Waals surface area contributed by atoms with Crippen LogP contribution in [-0.4, -0.2) is 24.4 Å². The van der Waals surface area contributed by atoms with Crippen molar-refractivity contribution >= 4 is 12.7 Å². The van der Waals surface area contributed by atoms with Gasteiger partial charge in [-0.25, -0.2) is 9.98 Å². The zero-order valence-electron chi connectivity index (χ0n) is 18.3. The van der Waals surface area contributed by atoms with Crippen molar-refractivity contribution in [1.82, 2.24) is 5.32 Å². The van der Waals surface area contributed by atoms with Crippen LogP contribution in [0.4, 0.5) is 0 Å². The van der Waals surface area contributed by atoms with Gasteiger partial charge in [-0.05, 0) is 38.0 Å². The Kier molecular flexibility index (Phi) is 7.50. The standard InChI is InChI=1S/C25H33N3O2/c1-4-5-6-7-8-9-14-30-21-11-13-23(24(29)16-21)25(27-17-26-18-28-25)22-12-10-19(2)15-20(22)3/h10-13,15-18,29H,4-9,14H2,1-3H3,(H,26,27,28). The van der Waals surface area contributed by atoms with Gasteiger partial charge in [-0.15, -0.1) is 0 Å². The Labute approximate surface area is 179 Å². The number of aromatic hydroxyl groups is 1. The summed E-state index contributed by atoms with van der Waals surface area (Å²) in [6.07, 6.45) is 10.6. The average molecular weight is 408 g/mol. The molecule has 1 aliphatic rings. The van der Waals surface area contributed by atoms with Crippen LogP contribution in [0, 0.1) is 13.8 Å². The maximum absolute atomic E-state index is 10.9. The van der Waals surface area contributed by atoms with Crippen molar-refractivity contribution in [3.8, 4) is 11.5 Å². The summed E-state index contributed by atoms with van der Waals surface area (Å²) in [7, 11) is 0. The van der Waals surface area contributed by atoms with Crippen molar-refractivity contribution in [2.45, 2.75) is 65.0 Å². The minimum atomic E-state index is -1.01. The summed E-state index contributed by atoms with van der Waals surface area (Å²) in [5.74, 6) is 0.800. The van der Waals surface area contributed by atoms with E-state index in [4.69, 9.17) is 4.74 Å². The molecule has 0 saturated heterocycles. The highest BCUT2D eigenvalue weighted by molar-refractivity contribution is 5.79. The highest BCUT2D eigenvalue weighted by Gasteiger charge is 2.37. The van der Waals surface area contributed by atoms with E-state index in [9.17, 15) is 5.11 Å². The van der Waals surface area contributed by atoms with Gasteiger partial charge in [-0.3, -0.25) is 0 Å². The van der Waals surface area contributed by atoms with Crippen LogP contribution < -0.4 is 10.1 Å². The molecule has 0 bridgehead atoms. The van der Waals surface area contributed by atoms with E-state index < -0.39 is 5.66 Å². The lowest BCUT2D eigenvalue weighted by molar-refractivity contribution is 0.302. The lowest BCUT2D eigenvalue weighted by atomic mass is 9.87. The number of hydrogen-bond acceptors (Lipinski definition) is 5. The van der Waals surface area contributed by atoms with Crippen LogP contribution in [0.25, 0.3) is 0 Å². The minimum absolute atomic E-state index is 0.131. The number of benzene rings is 2. The quantitative estimate of drug-likeness (QED) is 0.503. The zero-order valence-corrected chi connectivity index (χ0v) is 18.3. The number of hydrogen-bond donors (Lipinski definition) is 2. The molecule has 0 spiro atoms. The van der Waals surface area contributed by atoms with Crippen LogP contribution >= 0.6 is 0 Å². The minimum Gasteiger partial charge on any atom is -0.507 e. The molecular formula is C25H33N3O2. The fraction of sp³-hybridized carbons (Fsp3) is 0.440. The van der Waals surface area contributed by atoms with E-state index in [1.54, 1.807) is 18.7 Å². The van der Waals surface area contributed by atoms with Gasteiger partial charge in [-0.2, -0.15) is 0 Å². The van der Waals surface area contributed by atoms with E-state index in [0.29, 0.717) is 17.9 Å². The number of phenols is 1. The lowest BCUT2D eigenvalue weighted by Gasteiger charge is -2.30. The number of aliphatic imine (C=N–C) groups is 2. The Balaban J connectivity index is 1.77. The van der Waals surface area contributed by atoms with Gasteiger partial charge in [0.25, 0.3) is 0 Å². The molecule has 0 fully saturated rings. The summed E-state index contributed by atoms with van der Waals surface area (Å²) >= 11 is 0. The second-order valence-electron chi connectivity index (χ2n) is 7.97. The topological polar surface area (TPSA) is 66.2 Å². The number of unbranched alkanes of at least 4 members (excludes halogenated alkanes) is 5. The maximum Gasteiger partial charge on any atom is 0.208 e. The first-order valence-electron chi connectivity index (χ1n) is 10.9. The van der Waals surface area contributed by atoms with Gasteiger partial charge in [-0.1, -0.05) is 62.8 Å². The third-order valence-corrected chi connectivity index (χ3v) is 5.52. The van der Waals surface area contributed by atoms with E-state index >= 15 is 0 Å². The van der Waals surface area contributed by atoms with Gasteiger partial charge in [0.15, 0.2) is 0 Å². The Morgan fingerprint density at radius 1 is 0.900 bits per heavy atom. The molecule has 5 nitrogen and oxygen atoms in total. The predicted molar refractivity (Wildman–Crippen MR) is 124 cm³/mol. The van der Waals surface area contributed by atoms with Crippen LogP contribution in [0.2, 0.25) is 0 Å². The highest BCUT2D eigenvalue weighted by Crippen LogP contribution is 2.43. The second kappa shape index (κ2) is 10.3. The summed E-state index contributed by atoms with van der Waals surface area (Å²) in [6.45, 7) is 7.00. The molecule has 0 radical (unpaired) electrons. The van der Waals surface area contributed by atoms with Crippen molar-refractivity contribution in [3.63, 3.8) is 0 Å². The summed E-state index contributed by atoms with van der Waals surface area (Å²) in [4.78, 5) is 9.32. The van der Waals surface area contributed by atoms with Gasteiger partial charge in [0, 0.05) is 17.2 Å². The summed E-state index contributed by atoms with van der Waals surface area (Å²) in [5.41, 5.74) is 2.82. The maximum atomic E-state index is 10.9. The highest BCUT2D eigenvalue weighted by atomic mass is 16.5. The van der Waals surface area contributed by atoms with Crippen LogP contribution in [-0.2, 0) is 5.66 Å². The Morgan fingerprint density at radius 3 is 2.30 bits per heavy atom. The monoisotopic (exact) mass is 407 g/mol. The first kappa shape index (κ1) is 21.9. The molecule has 1 aliphatic heterocycles. The fourth-order valence-electron chi connectivity index (χ4n) is 3.92. The summed E-state index contributed by atoms with van der Waals surface area (Å²) < 4.78 is 5.86. The molecule has 0 aliphatic carbocycles. The second-order valence-corrected chi connectivity index (χ2v) is 7.97. The smallest absolute Gasteiger partial charge is 0.208 e. The molecule has 0 saturated carbocycles. The number of nitrogens with zero attached hydrogens (tertiary/aromatic N) is 2. The van der Waals surface area contributed by atoms with E-state index in [-0.39, 0.29) is 5.75 Å². The SMILES string of the molecule is CCCCCCCCOc1ccc(C2(c3ccc(C)cc3C)N=CNC=N2)c(O)c1. The van der Waals surface area contributed by atoms with Crippen molar-refractivity contribution in [1.29, 1.82) is 0 Å². The Hall–Kier alpha value is -2.82. The van der Waals surface area contributed by atoms with E-state index in [1.807, 2.05) is 31.2 Å². The van der Waals surface area contributed by atoms with E-state index in [1.165, 1.54) is 37.7 Å². The van der Waals surface area contributed by atoms with Gasteiger partial charge in [0.1, 0.15) is 11.5 Å². The predicted octanol–water partition coefficient (Wildman–Crippen LogP) is 5.61. The van der Waals surface area contributed by atoms with E-state index in [0.717, 1.165) is 17.5 Å². The molecule has 0 atom stereocenters. The first-order chi connectivity index (χ1) is 14.6. The zero-order chi connectivity index (χ0) is 21.4. The van der Waals surface area contributed by atoms with E-state index in [2.05, 4.69) is 35.2 Å². The summed E-state index contributed by atoms with van der Waals surface area (Å²) in [6, 6.07) is 11.6. The molecule has 3 rings (SSSR count). The number of rotatable bonds is 10. The molecular weight excluding hydrogens is 374 g/mol. The Bertz CT molecular complexity index is 893. The molecule has 0 amide bonds. The van der Waals surface area contributed by atoms with Crippen LogP contribution in [0.15, 0.2) is 46.4 Å². The molecule has 30 heavy (non-hydrogen) atoms. The van der Waals surface area contributed by atoms with Gasteiger partial charge in [0.05, 0.1) is 19.3 Å². The molecule has 5 heteroatoms. The number of nitrogens with one attached hydrogen (secondary N) is 1. The molecule has 0 unspecified atom stereocenters. The molecule has 2 N–H and O–H groups in total. The van der Waals surface area contributed by atoms with Crippen LogP contribution in [0.1, 0.15) is 67.7 Å². The van der Waals surface area contributed by atoms with Crippen molar-refractivity contribution in [3.05, 3.63) is 58.7 Å². The van der Waals surface area contributed by atoms with Crippen LogP contribution in [0.5, 0.6) is 11.5 Å². The fourth-order valence-corrected chi connectivity index (χ4v) is 3.92. The molecule has 160 valence electrons. The molecule has 1 heterocycles. The van der Waals surface area contributed by atoms with Crippen molar-refractivity contribution in [2.24, 2.45) is 9.98 Å². The summed E-state index contributed by atoms with van der Waals surface area (Å²) in [5, 5.41) is 13.8. The third-order valence-electron chi connectivity index (χ3n) is 5.52. The van der Waals surface area contributed by atoms with Crippen molar-refractivity contribution < 1.29 is 9.84 Å². The normalized spacial score (nSPS) is 14.5.